The molecular formula is C20H20ClN3O3S. The molecule has 146 valence electrons. The molecule has 0 aliphatic rings. The van der Waals surface area contributed by atoms with Crippen molar-refractivity contribution in [2.24, 2.45) is 7.05 Å². The third-order valence-corrected chi connectivity index (χ3v) is 5.71. The van der Waals surface area contributed by atoms with Crippen molar-refractivity contribution in [1.29, 1.82) is 0 Å². The van der Waals surface area contributed by atoms with Gasteiger partial charge in [0.1, 0.15) is 4.88 Å². The SMILES string of the molecule is Cc1nn(C)c(C)c1NC(=O)[C@H](C)OC(=O)c1ccc(-c2ccc(Cl)cc2)s1. The van der Waals surface area contributed by atoms with Crippen LogP contribution in [-0.2, 0) is 16.6 Å². The number of ether oxygens (including phenoxy) is 1. The third-order valence-electron chi connectivity index (χ3n) is 4.35. The fraction of sp³-hybridized carbons (Fsp3) is 0.250. The highest BCUT2D eigenvalue weighted by atomic mass is 35.5. The standard InChI is InChI=1S/C20H20ClN3O3S/c1-11-18(12(2)24(4)23-11)22-19(25)13(3)27-20(26)17-10-9-16(28-17)14-5-7-15(21)8-6-14/h5-10,13H,1-4H3,(H,22,25)/t13-/m0/s1. The number of anilines is 1. The van der Waals surface area contributed by atoms with Crippen LogP contribution in [0.15, 0.2) is 36.4 Å². The molecule has 0 fully saturated rings. The van der Waals surface area contributed by atoms with Crippen LogP contribution in [0.2, 0.25) is 5.02 Å². The maximum absolute atomic E-state index is 12.4. The van der Waals surface area contributed by atoms with Crippen molar-refractivity contribution < 1.29 is 14.3 Å². The summed E-state index contributed by atoms with van der Waals surface area (Å²) in [4.78, 5) is 26.2. The van der Waals surface area contributed by atoms with Gasteiger partial charge in [0.2, 0.25) is 0 Å². The molecule has 0 saturated heterocycles. The summed E-state index contributed by atoms with van der Waals surface area (Å²) in [7, 11) is 1.80. The van der Waals surface area contributed by atoms with Gasteiger partial charge in [0.25, 0.3) is 5.91 Å². The van der Waals surface area contributed by atoms with Gasteiger partial charge in [-0.1, -0.05) is 23.7 Å². The number of carbonyl (C=O) groups is 2. The number of nitrogens with zero attached hydrogens (tertiary/aromatic N) is 2. The molecule has 3 rings (SSSR count). The molecule has 2 aromatic heterocycles. The van der Waals surface area contributed by atoms with Crippen molar-refractivity contribution in [2.75, 3.05) is 5.32 Å². The number of benzene rings is 1. The van der Waals surface area contributed by atoms with Gasteiger partial charge in [-0.2, -0.15) is 5.10 Å². The number of amides is 1. The molecule has 28 heavy (non-hydrogen) atoms. The predicted octanol–water partition coefficient (Wildman–Crippen LogP) is 4.60. The van der Waals surface area contributed by atoms with Gasteiger partial charge in [-0.3, -0.25) is 9.48 Å². The average molecular weight is 418 g/mol. The normalized spacial score (nSPS) is 11.9. The summed E-state index contributed by atoms with van der Waals surface area (Å²) in [6, 6.07) is 10.9. The number of esters is 1. The summed E-state index contributed by atoms with van der Waals surface area (Å²) in [6.45, 7) is 5.21. The van der Waals surface area contributed by atoms with Crippen molar-refractivity contribution in [3.8, 4) is 10.4 Å². The average Bonchev–Trinajstić information content (AvgIpc) is 3.23. The summed E-state index contributed by atoms with van der Waals surface area (Å²) in [5.74, 6) is -0.936. The molecule has 3 aromatic rings. The molecule has 1 atom stereocenters. The number of aromatic nitrogens is 2. The lowest BCUT2D eigenvalue weighted by molar-refractivity contribution is -0.123. The minimum absolute atomic E-state index is 0.401. The van der Waals surface area contributed by atoms with E-state index >= 15 is 0 Å². The Hall–Kier alpha value is -2.64. The zero-order valence-corrected chi connectivity index (χ0v) is 17.5. The van der Waals surface area contributed by atoms with E-state index in [1.807, 2.05) is 32.0 Å². The van der Waals surface area contributed by atoms with E-state index in [0.29, 0.717) is 21.3 Å². The van der Waals surface area contributed by atoms with Gasteiger partial charge in [-0.15, -0.1) is 11.3 Å². The smallest absolute Gasteiger partial charge is 0.349 e. The Balaban J connectivity index is 1.65. The number of nitrogens with one attached hydrogen (secondary N) is 1. The highest BCUT2D eigenvalue weighted by Gasteiger charge is 2.22. The minimum atomic E-state index is -0.937. The van der Waals surface area contributed by atoms with E-state index in [9.17, 15) is 9.59 Å². The van der Waals surface area contributed by atoms with E-state index in [0.717, 1.165) is 16.1 Å². The molecule has 0 unspecified atom stereocenters. The fourth-order valence-electron chi connectivity index (χ4n) is 2.67. The maximum atomic E-state index is 12.4. The van der Waals surface area contributed by atoms with Crippen molar-refractivity contribution in [3.05, 3.63) is 57.7 Å². The summed E-state index contributed by atoms with van der Waals surface area (Å²) in [5, 5.41) is 7.69. The van der Waals surface area contributed by atoms with Crippen LogP contribution in [-0.4, -0.2) is 27.8 Å². The van der Waals surface area contributed by atoms with Crippen molar-refractivity contribution in [2.45, 2.75) is 26.9 Å². The monoisotopic (exact) mass is 417 g/mol. The zero-order valence-electron chi connectivity index (χ0n) is 15.9. The lowest BCUT2D eigenvalue weighted by atomic mass is 10.2. The summed E-state index contributed by atoms with van der Waals surface area (Å²) < 4.78 is 7.02. The topological polar surface area (TPSA) is 73.2 Å². The first-order valence-corrected chi connectivity index (χ1v) is 9.83. The van der Waals surface area contributed by atoms with Gasteiger partial charge >= 0.3 is 5.97 Å². The Morgan fingerprint density at radius 1 is 1.18 bits per heavy atom. The van der Waals surface area contributed by atoms with E-state index in [1.54, 1.807) is 36.9 Å². The second kappa shape index (κ2) is 8.16. The zero-order chi connectivity index (χ0) is 20.4. The van der Waals surface area contributed by atoms with Gasteiger partial charge in [0, 0.05) is 16.9 Å². The summed E-state index contributed by atoms with van der Waals surface area (Å²) in [6.07, 6.45) is -0.937. The predicted molar refractivity (Wildman–Crippen MR) is 111 cm³/mol. The number of aryl methyl sites for hydroxylation is 2. The van der Waals surface area contributed by atoms with E-state index in [4.69, 9.17) is 16.3 Å². The van der Waals surface area contributed by atoms with Crippen LogP contribution in [0.4, 0.5) is 5.69 Å². The van der Waals surface area contributed by atoms with Crippen LogP contribution in [0, 0.1) is 13.8 Å². The molecule has 0 aliphatic heterocycles. The first-order chi connectivity index (χ1) is 13.3. The Bertz CT molecular complexity index is 1020. The number of rotatable bonds is 5. The van der Waals surface area contributed by atoms with E-state index in [2.05, 4.69) is 10.4 Å². The van der Waals surface area contributed by atoms with Crippen LogP contribution in [0.1, 0.15) is 28.0 Å². The van der Waals surface area contributed by atoms with Crippen LogP contribution < -0.4 is 5.32 Å². The van der Waals surface area contributed by atoms with Gasteiger partial charge in [0.15, 0.2) is 6.10 Å². The highest BCUT2D eigenvalue weighted by Crippen LogP contribution is 2.29. The molecule has 0 saturated carbocycles. The Morgan fingerprint density at radius 3 is 2.46 bits per heavy atom. The van der Waals surface area contributed by atoms with Gasteiger partial charge < -0.3 is 10.1 Å². The number of thiophene rings is 1. The molecule has 6 nitrogen and oxygen atoms in total. The first-order valence-electron chi connectivity index (χ1n) is 8.64. The molecule has 0 bridgehead atoms. The van der Waals surface area contributed by atoms with Gasteiger partial charge in [-0.05, 0) is 50.6 Å². The number of carbonyl (C=O) groups excluding carboxylic acids is 2. The Labute approximate surface area is 172 Å². The maximum Gasteiger partial charge on any atom is 0.349 e. The van der Waals surface area contributed by atoms with E-state index in [-0.39, 0.29) is 0 Å². The molecule has 0 aliphatic carbocycles. The molecule has 0 radical (unpaired) electrons. The van der Waals surface area contributed by atoms with Crippen LogP contribution in [0.25, 0.3) is 10.4 Å². The lowest BCUT2D eigenvalue weighted by Gasteiger charge is -2.13. The summed E-state index contributed by atoms with van der Waals surface area (Å²) in [5.41, 5.74) is 3.13. The van der Waals surface area contributed by atoms with Crippen LogP contribution in [0.5, 0.6) is 0 Å². The lowest BCUT2D eigenvalue weighted by Crippen LogP contribution is -2.30. The quantitative estimate of drug-likeness (QED) is 0.615. The Morgan fingerprint density at radius 2 is 1.86 bits per heavy atom. The Kier molecular flexibility index (Phi) is 5.86. The van der Waals surface area contributed by atoms with Crippen LogP contribution >= 0.6 is 22.9 Å². The molecular weight excluding hydrogens is 398 g/mol. The van der Waals surface area contributed by atoms with E-state index in [1.165, 1.54) is 11.3 Å². The molecule has 2 heterocycles. The largest absolute Gasteiger partial charge is 0.448 e. The molecule has 8 heteroatoms. The van der Waals surface area contributed by atoms with Crippen molar-refractivity contribution >= 4 is 40.5 Å². The number of halogens is 1. The molecule has 0 spiro atoms. The first kappa shape index (κ1) is 20.1. The third kappa shape index (κ3) is 4.26. The molecule has 1 aromatic carbocycles. The second-order valence-electron chi connectivity index (χ2n) is 6.38. The van der Waals surface area contributed by atoms with Crippen LogP contribution in [0.3, 0.4) is 0 Å². The number of hydrogen-bond acceptors (Lipinski definition) is 5. The van der Waals surface area contributed by atoms with E-state index < -0.39 is 18.0 Å². The second-order valence-corrected chi connectivity index (χ2v) is 7.90. The number of hydrogen-bond donors (Lipinski definition) is 1. The minimum Gasteiger partial charge on any atom is -0.448 e. The fourth-order valence-corrected chi connectivity index (χ4v) is 3.69. The highest BCUT2D eigenvalue weighted by molar-refractivity contribution is 7.17. The molecule has 1 amide bonds. The van der Waals surface area contributed by atoms with Crippen molar-refractivity contribution in [1.82, 2.24) is 9.78 Å². The molecule has 1 N–H and O–H groups in total. The van der Waals surface area contributed by atoms with Gasteiger partial charge in [-0.25, -0.2) is 4.79 Å². The van der Waals surface area contributed by atoms with Gasteiger partial charge in [0.05, 0.1) is 17.1 Å². The van der Waals surface area contributed by atoms with Crippen molar-refractivity contribution in [3.63, 3.8) is 0 Å². The summed E-state index contributed by atoms with van der Waals surface area (Å²) >= 11 is 7.21.